The highest BCUT2D eigenvalue weighted by Gasteiger charge is 2.19. The molecule has 0 atom stereocenters. The molecule has 3 rings (SSSR count). The molecule has 0 aliphatic carbocycles. The van der Waals surface area contributed by atoms with Gasteiger partial charge >= 0.3 is 0 Å². The predicted molar refractivity (Wildman–Crippen MR) is 73.5 cm³/mol. The second kappa shape index (κ2) is 4.37. The van der Waals surface area contributed by atoms with Gasteiger partial charge in [0.05, 0.1) is 12.2 Å². The molecule has 1 aromatic carbocycles. The smallest absolute Gasteiger partial charge is 0.145 e. The van der Waals surface area contributed by atoms with E-state index in [1.165, 1.54) is 16.9 Å². The van der Waals surface area contributed by atoms with Gasteiger partial charge in [0.1, 0.15) is 5.82 Å². The molecule has 2 N–H and O–H groups in total. The maximum Gasteiger partial charge on any atom is 0.145 e. The van der Waals surface area contributed by atoms with Crippen LogP contribution in [0.1, 0.15) is 18.2 Å². The molecule has 0 spiro atoms. The quantitative estimate of drug-likeness (QED) is 0.896. The average Bonchev–Trinajstić information content (AvgIpc) is 2.94. The lowest BCUT2D eigenvalue weighted by molar-refractivity contribution is 0.614. The van der Waals surface area contributed by atoms with E-state index in [0.717, 1.165) is 26.1 Å². The molecule has 4 heteroatoms. The fourth-order valence-electron chi connectivity index (χ4n) is 2.65. The Bertz CT molecular complexity index is 559. The van der Waals surface area contributed by atoms with E-state index in [0.29, 0.717) is 5.82 Å². The van der Waals surface area contributed by atoms with Crippen molar-refractivity contribution in [1.29, 1.82) is 0 Å². The summed E-state index contributed by atoms with van der Waals surface area (Å²) in [6.07, 6.45) is 1.13. The number of rotatable bonds is 3. The number of para-hydroxylation sites is 1. The van der Waals surface area contributed by atoms with E-state index in [4.69, 9.17) is 5.73 Å². The third kappa shape index (κ3) is 1.83. The van der Waals surface area contributed by atoms with Crippen molar-refractivity contribution in [2.45, 2.75) is 26.4 Å². The number of benzene rings is 1. The van der Waals surface area contributed by atoms with E-state index in [9.17, 15) is 0 Å². The van der Waals surface area contributed by atoms with Crippen molar-refractivity contribution in [1.82, 2.24) is 9.78 Å². The van der Waals surface area contributed by atoms with Crippen molar-refractivity contribution in [3.05, 3.63) is 41.6 Å². The van der Waals surface area contributed by atoms with E-state index >= 15 is 0 Å². The van der Waals surface area contributed by atoms with Crippen LogP contribution in [0.15, 0.2) is 30.3 Å². The molecular formula is C14H18N4. The molecule has 0 saturated carbocycles. The highest BCUT2D eigenvalue weighted by atomic mass is 15.3. The van der Waals surface area contributed by atoms with Crippen LogP contribution in [0.2, 0.25) is 0 Å². The first kappa shape index (κ1) is 11.1. The number of fused-ring (bicyclic) bond motifs is 1. The average molecular weight is 242 g/mol. The van der Waals surface area contributed by atoms with Crippen molar-refractivity contribution in [3.8, 4) is 0 Å². The van der Waals surface area contributed by atoms with Gasteiger partial charge < -0.3 is 10.6 Å². The molecule has 18 heavy (non-hydrogen) atoms. The largest absolute Gasteiger partial charge is 0.382 e. The maximum absolute atomic E-state index is 5.77. The van der Waals surface area contributed by atoms with Crippen molar-refractivity contribution in [2.75, 3.05) is 17.2 Å². The first-order chi connectivity index (χ1) is 8.78. The molecule has 0 radical (unpaired) electrons. The molecule has 0 bridgehead atoms. The second-order valence-electron chi connectivity index (χ2n) is 4.68. The van der Waals surface area contributed by atoms with E-state index in [1.54, 1.807) is 0 Å². The minimum Gasteiger partial charge on any atom is -0.382 e. The number of nitrogens with zero attached hydrogens (tertiary/aromatic N) is 3. The first-order valence-electron chi connectivity index (χ1n) is 6.43. The van der Waals surface area contributed by atoms with Crippen molar-refractivity contribution >= 4 is 11.5 Å². The summed E-state index contributed by atoms with van der Waals surface area (Å²) in [6.45, 7) is 4.92. The zero-order valence-electron chi connectivity index (χ0n) is 10.6. The molecule has 0 amide bonds. The van der Waals surface area contributed by atoms with E-state index < -0.39 is 0 Å². The van der Waals surface area contributed by atoms with Crippen molar-refractivity contribution in [2.24, 2.45) is 0 Å². The molecule has 1 aliphatic rings. The van der Waals surface area contributed by atoms with Gasteiger partial charge in [0.25, 0.3) is 0 Å². The van der Waals surface area contributed by atoms with Crippen molar-refractivity contribution in [3.63, 3.8) is 0 Å². The lowest BCUT2D eigenvalue weighted by Crippen LogP contribution is -2.21. The van der Waals surface area contributed by atoms with Gasteiger partial charge in [-0.1, -0.05) is 18.2 Å². The SMILES string of the molecule is CCn1nc(N)cc1CN1CCc2ccccc21. The normalized spacial score (nSPS) is 13.9. The highest BCUT2D eigenvalue weighted by Crippen LogP contribution is 2.28. The predicted octanol–water partition coefficient (Wildman–Crippen LogP) is 2.05. The summed E-state index contributed by atoms with van der Waals surface area (Å²) in [4.78, 5) is 2.40. The van der Waals surface area contributed by atoms with Crippen molar-refractivity contribution < 1.29 is 0 Å². The maximum atomic E-state index is 5.77. The number of hydrogen-bond acceptors (Lipinski definition) is 3. The molecule has 2 aromatic rings. The third-order valence-corrected chi connectivity index (χ3v) is 3.52. The number of hydrogen-bond donors (Lipinski definition) is 1. The van der Waals surface area contributed by atoms with Crippen LogP contribution in [-0.2, 0) is 19.5 Å². The Morgan fingerprint density at radius 2 is 2.17 bits per heavy atom. The lowest BCUT2D eigenvalue weighted by atomic mass is 10.2. The van der Waals surface area contributed by atoms with Crippen LogP contribution in [0.5, 0.6) is 0 Å². The number of aromatic nitrogens is 2. The molecule has 2 heterocycles. The Balaban J connectivity index is 1.86. The summed E-state index contributed by atoms with van der Waals surface area (Å²) in [7, 11) is 0. The summed E-state index contributed by atoms with van der Waals surface area (Å²) >= 11 is 0. The van der Waals surface area contributed by atoms with Crippen LogP contribution >= 0.6 is 0 Å². The summed E-state index contributed by atoms with van der Waals surface area (Å²) in [5.41, 5.74) is 9.75. The Morgan fingerprint density at radius 1 is 1.33 bits per heavy atom. The number of nitrogen functional groups attached to an aromatic ring is 1. The molecule has 0 unspecified atom stereocenters. The van der Waals surface area contributed by atoms with Gasteiger partial charge in [-0.2, -0.15) is 5.10 Å². The Morgan fingerprint density at radius 3 is 3.00 bits per heavy atom. The van der Waals surface area contributed by atoms with Gasteiger partial charge in [-0.05, 0) is 25.0 Å². The van der Waals surface area contributed by atoms with Crippen LogP contribution in [0.4, 0.5) is 11.5 Å². The Hall–Kier alpha value is -1.97. The van der Waals surface area contributed by atoms with E-state index in [2.05, 4.69) is 41.2 Å². The molecule has 0 saturated heterocycles. The lowest BCUT2D eigenvalue weighted by Gasteiger charge is -2.19. The minimum atomic E-state index is 0.610. The van der Waals surface area contributed by atoms with Gasteiger partial charge in [-0.3, -0.25) is 4.68 Å². The van der Waals surface area contributed by atoms with Gasteiger partial charge in [0.2, 0.25) is 0 Å². The zero-order chi connectivity index (χ0) is 12.5. The molecule has 1 aliphatic heterocycles. The van der Waals surface area contributed by atoms with Crippen LogP contribution in [0.3, 0.4) is 0 Å². The highest BCUT2D eigenvalue weighted by molar-refractivity contribution is 5.58. The second-order valence-corrected chi connectivity index (χ2v) is 4.68. The number of anilines is 2. The summed E-state index contributed by atoms with van der Waals surface area (Å²) in [5.74, 6) is 0.610. The standard InChI is InChI=1S/C14H18N4/c1-2-18-12(9-14(15)16-18)10-17-8-7-11-5-3-4-6-13(11)17/h3-6,9H,2,7-8,10H2,1H3,(H2,15,16). The fourth-order valence-corrected chi connectivity index (χ4v) is 2.65. The Labute approximate surface area is 107 Å². The van der Waals surface area contributed by atoms with Gasteiger partial charge in [-0.25, -0.2) is 0 Å². The minimum absolute atomic E-state index is 0.610. The summed E-state index contributed by atoms with van der Waals surface area (Å²) in [6, 6.07) is 10.6. The zero-order valence-corrected chi connectivity index (χ0v) is 10.6. The van der Waals surface area contributed by atoms with Gasteiger partial charge in [0, 0.05) is 24.8 Å². The first-order valence-corrected chi connectivity index (χ1v) is 6.43. The summed E-state index contributed by atoms with van der Waals surface area (Å²) < 4.78 is 1.98. The Kier molecular flexibility index (Phi) is 2.70. The monoisotopic (exact) mass is 242 g/mol. The molecule has 94 valence electrons. The third-order valence-electron chi connectivity index (χ3n) is 3.52. The topological polar surface area (TPSA) is 47.1 Å². The van der Waals surface area contributed by atoms with Crippen LogP contribution in [0, 0.1) is 0 Å². The van der Waals surface area contributed by atoms with Gasteiger partial charge in [-0.15, -0.1) is 0 Å². The van der Waals surface area contributed by atoms with E-state index in [-0.39, 0.29) is 0 Å². The number of nitrogens with two attached hydrogens (primary N) is 1. The van der Waals surface area contributed by atoms with Crippen LogP contribution in [0.25, 0.3) is 0 Å². The molecular weight excluding hydrogens is 224 g/mol. The van der Waals surface area contributed by atoms with Crippen LogP contribution < -0.4 is 10.6 Å². The fraction of sp³-hybridized carbons (Fsp3) is 0.357. The summed E-state index contributed by atoms with van der Waals surface area (Å²) in [5, 5.41) is 4.29. The molecule has 1 aromatic heterocycles. The van der Waals surface area contributed by atoms with Crippen LogP contribution in [-0.4, -0.2) is 16.3 Å². The molecule has 0 fully saturated rings. The van der Waals surface area contributed by atoms with E-state index in [1.807, 2.05) is 10.7 Å². The molecule has 4 nitrogen and oxygen atoms in total. The number of aryl methyl sites for hydroxylation is 1. The van der Waals surface area contributed by atoms with Gasteiger partial charge in [0.15, 0.2) is 0 Å².